The minimum absolute atomic E-state index is 0.272. The van der Waals surface area contributed by atoms with Crippen LogP contribution in [0.5, 0.6) is 0 Å². The van der Waals surface area contributed by atoms with Crippen LogP contribution >= 0.6 is 11.3 Å². The number of carbonyl (C=O) groups is 1. The summed E-state index contributed by atoms with van der Waals surface area (Å²) in [5.41, 5.74) is 4.40. The first-order chi connectivity index (χ1) is 12.7. The first-order valence-corrected chi connectivity index (χ1v) is 9.48. The minimum Gasteiger partial charge on any atom is -0.478 e. The summed E-state index contributed by atoms with van der Waals surface area (Å²) >= 11 is 1.53. The van der Waals surface area contributed by atoms with Gasteiger partial charge in [-0.15, -0.1) is 11.3 Å². The summed E-state index contributed by atoms with van der Waals surface area (Å²) in [5, 5.41) is 15.0. The van der Waals surface area contributed by atoms with Crippen LogP contribution in [0.3, 0.4) is 0 Å². The number of benzene rings is 2. The zero-order valence-corrected chi connectivity index (χ0v) is 15.0. The molecular weight excluding hydrogens is 346 g/mol. The summed E-state index contributed by atoms with van der Waals surface area (Å²) in [5.74, 6) is -0.925. The van der Waals surface area contributed by atoms with Crippen LogP contribution in [0, 0.1) is 0 Å². The van der Waals surface area contributed by atoms with Gasteiger partial charge in [0, 0.05) is 35.4 Å². The third-order valence-corrected chi connectivity index (χ3v) is 5.28. The number of aromatic carboxylic acids is 1. The van der Waals surface area contributed by atoms with Crippen LogP contribution in [0.15, 0.2) is 53.9 Å². The number of aromatic nitrogens is 1. The first-order valence-electron chi connectivity index (χ1n) is 8.60. The Balaban J connectivity index is 1.46. The third kappa shape index (κ3) is 3.55. The molecule has 1 saturated heterocycles. The second kappa shape index (κ2) is 7.17. The molecule has 1 fully saturated rings. The van der Waals surface area contributed by atoms with E-state index >= 15 is 0 Å². The van der Waals surface area contributed by atoms with Crippen molar-refractivity contribution in [1.82, 2.24) is 4.98 Å². The van der Waals surface area contributed by atoms with E-state index in [1.807, 2.05) is 5.38 Å². The van der Waals surface area contributed by atoms with Crippen molar-refractivity contribution < 1.29 is 9.90 Å². The lowest BCUT2D eigenvalue weighted by atomic mass is 10.1. The number of nitrogens with zero attached hydrogens (tertiary/aromatic N) is 2. The zero-order valence-electron chi connectivity index (χ0n) is 14.2. The van der Waals surface area contributed by atoms with Crippen LogP contribution in [0.25, 0.3) is 11.3 Å². The van der Waals surface area contributed by atoms with E-state index in [1.165, 1.54) is 29.9 Å². The van der Waals surface area contributed by atoms with Gasteiger partial charge in [-0.05, 0) is 49.2 Å². The van der Waals surface area contributed by atoms with Gasteiger partial charge in [0.2, 0.25) is 0 Å². The van der Waals surface area contributed by atoms with Crippen molar-refractivity contribution in [3.63, 3.8) is 0 Å². The normalized spacial score (nSPS) is 13.8. The van der Waals surface area contributed by atoms with Crippen LogP contribution < -0.4 is 10.2 Å². The Bertz CT molecular complexity index is 898. The summed E-state index contributed by atoms with van der Waals surface area (Å²) < 4.78 is 0. The van der Waals surface area contributed by atoms with Crippen LogP contribution in [0.2, 0.25) is 0 Å². The molecule has 3 aromatic rings. The number of thiazole rings is 1. The van der Waals surface area contributed by atoms with E-state index in [4.69, 9.17) is 5.11 Å². The Kier molecular flexibility index (Phi) is 4.58. The molecule has 1 aliphatic heterocycles. The molecule has 0 aliphatic carbocycles. The van der Waals surface area contributed by atoms with Crippen LogP contribution in [-0.2, 0) is 0 Å². The topological polar surface area (TPSA) is 65.5 Å². The molecule has 1 aliphatic rings. The number of rotatable bonds is 5. The van der Waals surface area contributed by atoms with Gasteiger partial charge in [0.1, 0.15) is 0 Å². The molecule has 0 bridgehead atoms. The number of carboxylic acid groups (broad SMARTS) is 1. The van der Waals surface area contributed by atoms with E-state index in [0.717, 1.165) is 35.2 Å². The molecule has 26 heavy (non-hydrogen) atoms. The lowest BCUT2D eigenvalue weighted by Crippen LogP contribution is -2.17. The molecule has 5 nitrogen and oxygen atoms in total. The highest BCUT2D eigenvalue weighted by atomic mass is 32.1. The fraction of sp³-hybridized carbons (Fsp3) is 0.200. The standard InChI is InChI=1S/C20H19N3O2S/c24-19(25)15-3-7-16(8-4-15)21-20-22-18(13-26-20)14-5-9-17(10-6-14)23-11-1-2-12-23/h3-10,13H,1-2,11-12H2,(H,21,22)(H,24,25). The summed E-state index contributed by atoms with van der Waals surface area (Å²) in [7, 11) is 0. The second-order valence-electron chi connectivity index (χ2n) is 6.29. The van der Waals surface area contributed by atoms with Gasteiger partial charge in [0.15, 0.2) is 5.13 Å². The van der Waals surface area contributed by atoms with Crippen LogP contribution in [0.1, 0.15) is 23.2 Å². The lowest BCUT2D eigenvalue weighted by molar-refractivity contribution is 0.0697. The Morgan fingerprint density at radius 1 is 1.04 bits per heavy atom. The van der Waals surface area contributed by atoms with E-state index in [0.29, 0.717) is 0 Å². The van der Waals surface area contributed by atoms with Gasteiger partial charge < -0.3 is 15.3 Å². The molecule has 4 rings (SSSR count). The Hall–Kier alpha value is -2.86. The van der Waals surface area contributed by atoms with Crippen molar-refractivity contribution in [3.05, 3.63) is 59.5 Å². The first kappa shape index (κ1) is 16.6. The SMILES string of the molecule is O=C(O)c1ccc(Nc2nc(-c3ccc(N4CCCC4)cc3)cs2)cc1. The zero-order chi connectivity index (χ0) is 17.9. The van der Waals surface area contributed by atoms with E-state index < -0.39 is 5.97 Å². The fourth-order valence-corrected chi connectivity index (χ4v) is 3.84. The quantitative estimate of drug-likeness (QED) is 0.676. The van der Waals surface area contributed by atoms with E-state index in [2.05, 4.69) is 39.5 Å². The van der Waals surface area contributed by atoms with Gasteiger partial charge in [-0.1, -0.05) is 12.1 Å². The Morgan fingerprint density at radius 2 is 1.73 bits per heavy atom. The molecule has 132 valence electrons. The number of hydrogen-bond donors (Lipinski definition) is 2. The van der Waals surface area contributed by atoms with Crippen molar-refractivity contribution in [1.29, 1.82) is 0 Å². The average molecular weight is 365 g/mol. The highest BCUT2D eigenvalue weighted by Gasteiger charge is 2.12. The van der Waals surface area contributed by atoms with Gasteiger partial charge in [-0.25, -0.2) is 9.78 Å². The van der Waals surface area contributed by atoms with Crippen LogP contribution in [-0.4, -0.2) is 29.1 Å². The highest BCUT2D eigenvalue weighted by Crippen LogP contribution is 2.29. The molecule has 2 heterocycles. The largest absolute Gasteiger partial charge is 0.478 e. The number of nitrogens with one attached hydrogen (secondary N) is 1. The minimum atomic E-state index is -0.925. The van der Waals surface area contributed by atoms with Gasteiger partial charge >= 0.3 is 5.97 Å². The van der Waals surface area contributed by atoms with Crippen molar-refractivity contribution >= 4 is 33.8 Å². The van der Waals surface area contributed by atoms with Gasteiger partial charge in [-0.2, -0.15) is 0 Å². The van der Waals surface area contributed by atoms with Crippen molar-refractivity contribution in [2.75, 3.05) is 23.3 Å². The highest BCUT2D eigenvalue weighted by molar-refractivity contribution is 7.14. The molecule has 2 N–H and O–H groups in total. The number of hydrogen-bond acceptors (Lipinski definition) is 5. The number of carboxylic acids is 1. The summed E-state index contributed by atoms with van der Waals surface area (Å²) in [6.07, 6.45) is 2.55. The number of anilines is 3. The maximum Gasteiger partial charge on any atom is 0.335 e. The molecular formula is C20H19N3O2S. The van der Waals surface area contributed by atoms with E-state index in [1.54, 1.807) is 24.3 Å². The average Bonchev–Trinajstić information content (AvgIpc) is 3.34. The molecule has 0 unspecified atom stereocenters. The molecule has 0 spiro atoms. The van der Waals surface area contributed by atoms with Gasteiger partial charge in [0.25, 0.3) is 0 Å². The summed E-state index contributed by atoms with van der Waals surface area (Å²) in [4.78, 5) is 18.0. The third-order valence-electron chi connectivity index (χ3n) is 4.52. The van der Waals surface area contributed by atoms with Gasteiger partial charge in [-0.3, -0.25) is 0 Å². The second-order valence-corrected chi connectivity index (χ2v) is 7.14. The molecule has 2 aromatic carbocycles. The van der Waals surface area contributed by atoms with Crippen molar-refractivity contribution in [2.24, 2.45) is 0 Å². The molecule has 0 saturated carbocycles. The maximum atomic E-state index is 10.9. The van der Waals surface area contributed by atoms with Gasteiger partial charge in [0.05, 0.1) is 11.3 Å². The van der Waals surface area contributed by atoms with Crippen molar-refractivity contribution in [2.45, 2.75) is 12.8 Å². The molecule has 1 aromatic heterocycles. The summed E-state index contributed by atoms with van der Waals surface area (Å²) in [6.45, 7) is 2.29. The Morgan fingerprint density at radius 3 is 2.38 bits per heavy atom. The smallest absolute Gasteiger partial charge is 0.335 e. The monoisotopic (exact) mass is 365 g/mol. The van der Waals surface area contributed by atoms with E-state index in [-0.39, 0.29) is 5.56 Å². The Labute approximate surface area is 155 Å². The van der Waals surface area contributed by atoms with Crippen LogP contribution in [0.4, 0.5) is 16.5 Å². The predicted octanol–water partition coefficient (Wildman–Crippen LogP) is 4.85. The van der Waals surface area contributed by atoms with Crippen molar-refractivity contribution in [3.8, 4) is 11.3 Å². The molecule has 0 atom stereocenters. The maximum absolute atomic E-state index is 10.9. The predicted molar refractivity (Wildman–Crippen MR) is 106 cm³/mol. The lowest BCUT2D eigenvalue weighted by Gasteiger charge is -2.17. The summed E-state index contributed by atoms with van der Waals surface area (Å²) in [6, 6.07) is 15.2. The fourth-order valence-electron chi connectivity index (χ4n) is 3.10. The molecule has 6 heteroatoms. The molecule has 0 radical (unpaired) electrons. The van der Waals surface area contributed by atoms with E-state index in [9.17, 15) is 4.79 Å². The molecule has 0 amide bonds.